The van der Waals surface area contributed by atoms with Gasteiger partial charge in [-0.05, 0) is 46.1 Å². The zero-order chi connectivity index (χ0) is 21.7. The smallest absolute Gasteiger partial charge is 0.142 e. The third kappa shape index (κ3) is 2.41. The zero-order valence-corrected chi connectivity index (χ0v) is 20.1. The zero-order valence-electron chi connectivity index (χ0n) is 19.1. The maximum atomic E-state index is 6.69. The number of hydrogen-bond acceptors (Lipinski definition) is 2. The molecule has 1 aliphatic carbocycles. The summed E-state index contributed by atoms with van der Waals surface area (Å²) in [4.78, 5) is 5.01. The van der Waals surface area contributed by atoms with Crippen LogP contribution in [0.25, 0.3) is 44.0 Å². The van der Waals surface area contributed by atoms with Gasteiger partial charge < -0.3 is 4.42 Å². The Bertz CT molecular complexity index is 1550. The van der Waals surface area contributed by atoms with E-state index in [0.717, 1.165) is 22.4 Å². The van der Waals surface area contributed by atoms with Crippen molar-refractivity contribution in [3.8, 4) is 11.3 Å². The van der Waals surface area contributed by atoms with Crippen LogP contribution in [0.2, 0.25) is 19.6 Å². The molecular formula is C28H27NOSi. The molecular weight excluding hydrogens is 394 g/mol. The summed E-state index contributed by atoms with van der Waals surface area (Å²) in [6.45, 7) is 14.0. The van der Waals surface area contributed by atoms with E-state index in [1.165, 1.54) is 43.4 Å². The van der Waals surface area contributed by atoms with E-state index in [-0.39, 0.29) is 5.41 Å². The highest BCUT2D eigenvalue weighted by molar-refractivity contribution is 6.90. The summed E-state index contributed by atoms with van der Waals surface area (Å²) >= 11 is 0. The molecule has 31 heavy (non-hydrogen) atoms. The number of fused-ring (bicyclic) bond motifs is 3. The Labute approximate surface area is 183 Å². The van der Waals surface area contributed by atoms with Gasteiger partial charge in [-0.25, -0.2) is 0 Å². The summed E-state index contributed by atoms with van der Waals surface area (Å²) < 4.78 is 6.69. The molecule has 2 heterocycles. The van der Waals surface area contributed by atoms with Gasteiger partial charge in [-0.3, -0.25) is 4.98 Å². The lowest BCUT2D eigenvalue weighted by Gasteiger charge is -2.29. The number of furan rings is 1. The van der Waals surface area contributed by atoms with E-state index in [1.807, 2.05) is 6.20 Å². The average molecular weight is 422 g/mol. The Kier molecular flexibility index (Phi) is 3.56. The minimum Gasteiger partial charge on any atom is -0.456 e. The van der Waals surface area contributed by atoms with Gasteiger partial charge >= 0.3 is 0 Å². The highest BCUT2D eigenvalue weighted by atomic mass is 28.3. The second-order valence-corrected chi connectivity index (χ2v) is 15.6. The molecule has 0 bridgehead atoms. The molecule has 0 radical (unpaired) electrons. The van der Waals surface area contributed by atoms with Crippen LogP contribution < -0.4 is 5.19 Å². The molecule has 0 spiro atoms. The average Bonchev–Trinajstić information content (AvgIpc) is 3.09. The molecule has 5 aromatic rings. The van der Waals surface area contributed by atoms with Gasteiger partial charge in [0.25, 0.3) is 0 Å². The van der Waals surface area contributed by atoms with Crippen molar-refractivity contribution < 1.29 is 4.42 Å². The highest BCUT2D eigenvalue weighted by Crippen LogP contribution is 2.50. The lowest BCUT2D eigenvalue weighted by Crippen LogP contribution is -2.38. The number of nitrogens with zero attached hydrogens (tertiary/aromatic N) is 1. The fourth-order valence-electron chi connectivity index (χ4n) is 5.41. The van der Waals surface area contributed by atoms with Gasteiger partial charge in [-0.1, -0.05) is 69.9 Å². The van der Waals surface area contributed by atoms with E-state index in [2.05, 4.69) is 88.9 Å². The second-order valence-electron chi connectivity index (χ2n) is 10.6. The molecule has 0 unspecified atom stereocenters. The van der Waals surface area contributed by atoms with Gasteiger partial charge in [0.2, 0.25) is 0 Å². The summed E-state index contributed by atoms with van der Waals surface area (Å²) in [6, 6.07) is 18.0. The highest BCUT2D eigenvalue weighted by Gasteiger charge is 2.36. The number of pyridine rings is 1. The van der Waals surface area contributed by atoms with Gasteiger partial charge in [0, 0.05) is 28.1 Å². The van der Waals surface area contributed by atoms with Gasteiger partial charge in [0.1, 0.15) is 11.2 Å². The van der Waals surface area contributed by atoms with Crippen molar-refractivity contribution in [2.75, 3.05) is 0 Å². The largest absolute Gasteiger partial charge is 0.456 e. The summed E-state index contributed by atoms with van der Waals surface area (Å²) in [5, 5.41) is 6.37. The van der Waals surface area contributed by atoms with Gasteiger partial charge in [0.15, 0.2) is 0 Å². The Morgan fingerprint density at radius 1 is 0.839 bits per heavy atom. The van der Waals surface area contributed by atoms with Crippen molar-refractivity contribution in [2.45, 2.75) is 45.8 Å². The summed E-state index contributed by atoms with van der Waals surface area (Å²) in [7, 11) is -1.59. The predicted molar refractivity (Wildman–Crippen MR) is 134 cm³/mol. The van der Waals surface area contributed by atoms with Crippen LogP contribution in [-0.2, 0) is 5.41 Å². The number of hydrogen-bond donors (Lipinski definition) is 0. The standard InChI is InChI=1S/C28H27NOSi/c1-16-15-29-25-19-13-17-9-7-8-10-18(17)14-21(19)28(2,3)20-11-12-22(31(4,5)6)27-23(20)24(25)26(16)30-27/h7-15H,1-6H3. The maximum absolute atomic E-state index is 6.69. The minimum atomic E-state index is -1.59. The van der Waals surface area contributed by atoms with Gasteiger partial charge in [0.05, 0.1) is 19.2 Å². The molecule has 0 saturated carbocycles. The maximum Gasteiger partial charge on any atom is 0.142 e. The summed E-state index contributed by atoms with van der Waals surface area (Å²) in [6.07, 6.45) is 1.98. The van der Waals surface area contributed by atoms with Crippen LogP contribution in [0.5, 0.6) is 0 Å². The van der Waals surface area contributed by atoms with Crippen molar-refractivity contribution in [3.63, 3.8) is 0 Å². The van der Waals surface area contributed by atoms with Gasteiger partial charge in [-0.2, -0.15) is 0 Å². The third-order valence-corrected chi connectivity index (χ3v) is 9.13. The molecule has 0 N–H and O–H groups in total. The molecule has 0 aliphatic heterocycles. The van der Waals surface area contributed by atoms with Crippen molar-refractivity contribution >= 4 is 46.0 Å². The van der Waals surface area contributed by atoms with Crippen molar-refractivity contribution in [1.82, 2.24) is 4.98 Å². The molecule has 6 rings (SSSR count). The Morgan fingerprint density at radius 3 is 2.26 bits per heavy atom. The lowest BCUT2D eigenvalue weighted by molar-refractivity contribution is 0.644. The second kappa shape index (κ2) is 5.86. The molecule has 0 amide bonds. The SMILES string of the molecule is Cc1cnc2c3c1oc1c([Si](C)(C)C)ccc(c13)C(C)(C)c1cc3ccccc3cc1-2. The third-order valence-electron chi connectivity index (χ3n) is 7.12. The first-order valence-electron chi connectivity index (χ1n) is 11.1. The molecule has 0 saturated heterocycles. The first kappa shape index (κ1) is 18.8. The Balaban J connectivity index is 1.89. The molecule has 154 valence electrons. The number of aryl methyl sites for hydroxylation is 1. The van der Waals surface area contributed by atoms with Crippen LogP contribution in [0.4, 0.5) is 0 Å². The van der Waals surface area contributed by atoms with Gasteiger partial charge in [-0.15, -0.1) is 0 Å². The first-order chi connectivity index (χ1) is 14.7. The summed E-state index contributed by atoms with van der Waals surface area (Å²) in [5.41, 5.74) is 7.96. The number of benzene rings is 3. The van der Waals surface area contributed by atoms with E-state index in [9.17, 15) is 0 Å². The topological polar surface area (TPSA) is 26.0 Å². The monoisotopic (exact) mass is 421 g/mol. The normalized spacial score (nSPS) is 15.0. The van der Waals surface area contributed by atoms with Crippen LogP contribution in [0.1, 0.15) is 30.5 Å². The molecule has 0 fully saturated rings. The number of rotatable bonds is 1. The molecule has 2 nitrogen and oxygen atoms in total. The van der Waals surface area contributed by atoms with E-state index < -0.39 is 8.07 Å². The van der Waals surface area contributed by atoms with Crippen molar-refractivity contribution in [1.29, 1.82) is 0 Å². The van der Waals surface area contributed by atoms with E-state index in [0.29, 0.717) is 0 Å². The van der Waals surface area contributed by atoms with E-state index >= 15 is 0 Å². The van der Waals surface area contributed by atoms with Crippen LogP contribution in [0, 0.1) is 6.92 Å². The van der Waals surface area contributed by atoms with Crippen molar-refractivity contribution in [3.05, 3.63) is 71.4 Å². The summed E-state index contributed by atoms with van der Waals surface area (Å²) in [5.74, 6) is 0. The molecule has 1 aliphatic rings. The molecule has 0 atom stereocenters. The van der Waals surface area contributed by atoms with E-state index in [4.69, 9.17) is 9.40 Å². The fourth-order valence-corrected chi connectivity index (χ4v) is 6.85. The molecule has 3 aromatic carbocycles. The van der Waals surface area contributed by atoms with Crippen LogP contribution in [0.15, 0.2) is 59.1 Å². The van der Waals surface area contributed by atoms with E-state index in [1.54, 1.807) is 0 Å². The van der Waals surface area contributed by atoms with Crippen LogP contribution in [-0.4, -0.2) is 13.1 Å². The van der Waals surface area contributed by atoms with Crippen LogP contribution >= 0.6 is 0 Å². The van der Waals surface area contributed by atoms with Crippen molar-refractivity contribution in [2.24, 2.45) is 0 Å². The Hall–Kier alpha value is -2.91. The minimum absolute atomic E-state index is 0.166. The first-order valence-corrected chi connectivity index (χ1v) is 14.6. The molecule has 2 aromatic heterocycles. The Morgan fingerprint density at radius 2 is 1.55 bits per heavy atom. The van der Waals surface area contributed by atoms with Crippen LogP contribution in [0.3, 0.4) is 0 Å². The fraction of sp³-hybridized carbons (Fsp3) is 0.250. The predicted octanol–water partition coefficient (Wildman–Crippen LogP) is 7.29. The molecule has 3 heteroatoms. The quantitative estimate of drug-likeness (QED) is 0.266. The lowest BCUT2D eigenvalue weighted by atomic mass is 9.75. The number of aromatic nitrogens is 1.